The molecule has 1 unspecified atom stereocenters. The molecule has 136 valence electrons. The van der Waals surface area contributed by atoms with Crippen LogP contribution < -0.4 is 10.6 Å². The molecular formula is C19H26FN3O2. The predicted octanol–water partition coefficient (Wildman–Crippen LogP) is 3.00. The number of nitrogens with zero attached hydrogens (tertiary/aromatic N) is 1. The molecule has 0 saturated carbocycles. The Bertz CT molecular complexity index is 738. The third-order valence-corrected chi connectivity index (χ3v) is 3.86. The van der Waals surface area contributed by atoms with Crippen LogP contribution in [0, 0.1) is 19.7 Å². The van der Waals surface area contributed by atoms with E-state index in [0.29, 0.717) is 30.4 Å². The van der Waals surface area contributed by atoms with Gasteiger partial charge in [-0.1, -0.05) is 12.1 Å². The van der Waals surface area contributed by atoms with E-state index < -0.39 is 5.60 Å². The van der Waals surface area contributed by atoms with Crippen molar-refractivity contribution < 1.29 is 13.9 Å². The van der Waals surface area contributed by atoms with Crippen LogP contribution in [0.2, 0.25) is 0 Å². The molecule has 0 aliphatic heterocycles. The van der Waals surface area contributed by atoms with Crippen molar-refractivity contribution in [2.24, 2.45) is 4.99 Å². The largest absolute Gasteiger partial charge is 0.463 e. The Kier molecular flexibility index (Phi) is 6.20. The molecule has 1 heterocycles. The lowest BCUT2D eigenvalue weighted by Crippen LogP contribution is -2.44. The number of nitrogens with one attached hydrogen (secondary N) is 2. The fourth-order valence-corrected chi connectivity index (χ4v) is 2.38. The molecule has 0 bridgehead atoms. The lowest BCUT2D eigenvalue weighted by atomic mass is 10.0. The molecule has 0 radical (unpaired) electrons. The SMILES string of the molecule is CCNC(=NCc1ccc(F)c(C)c1)NCC(C)(O)c1ccc(C)o1. The van der Waals surface area contributed by atoms with Gasteiger partial charge in [0, 0.05) is 6.54 Å². The lowest BCUT2D eigenvalue weighted by Gasteiger charge is -2.22. The second-order valence-electron chi connectivity index (χ2n) is 6.32. The number of benzene rings is 1. The summed E-state index contributed by atoms with van der Waals surface area (Å²) >= 11 is 0. The van der Waals surface area contributed by atoms with Crippen LogP contribution >= 0.6 is 0 Å². The highest BCUT2D eigenvalue weighted by Gasteiger charge is 2.27. The van der Waals surface area contributed by atoms with Gasteiger partial charge in [-0.2, -0.15) is 0 Å². The molecule has 0 saturated heterocycles. The van der Waals surface area contributed by atoms with Crippen molar-refractivity contribution >= 4 is 5.96 Å². The molecule has 2 aromatic rings. The van der Waals surface area contributed by atoms with Crippen LogP contribution in [-0.2, 0) is 12.1 Å². The van der Waals surface area contributed by atoms with Crippen molar-refractivity contribution in [3.05, 3.63) is 58.8 Å². The molecule has 1 aromatic heterocycles. The second kappa shape index (κ2) is 8.16. The van der Waals surface area contributed by atoms with Crippen molar-refractivity contribution in [3.63, 3.8) is 0 Å². The Morgan fingerprint density at radius 2 is 2.00 bits per heavy atom. The topological polar surface area (TPSA) is 69.8 Å². The maximum absolute atomic E-state index is 13.3. The molecule has 0 fully saturated rings. The van der Waals surface area contributed by atoms with Gasteiger partial charge in [0.1, 0.15) is 22.9 Å². The van der Waals surface area contributed by atoms with E-state index >= 15 is 0 Å². The number of aryl methyl sites for hydroxylation is 2. The van der Waals surface area contributed by atoms with Crippen molar-refractivity contribution in [1.29, 1.82) is 0 Å². The van der Waals surface area contributed by atoms with Crippen LogP contribution in [0.15, 0.2) is 39.7 Å². The number of furan rings is 1. The summed E-state index contributed by atoms with van der Waals surface area (Å²) in [6.07, 6.45) is 0. The van der Waals surface area contributed by atoms with E-state index in [9.17, 15) is 9.50 Å². The van der Waals surface area contributed by atoms with E-state index in [-0.39, 0.29) is 12.4 Å². The Morgan fingerprint density at radius 1 is 1.24 bits per heavy atom. The van der Waals surface area contributed by atoms with E-state index in [4.69, 9.17) is 4.42 Å². The van der Waals surface area contributed by atoms with Crippen molar-refractivity contribution in [2.75, 3.05) is 13.1 Å². The smallest absolute Gasteiger partial charge is 0.191 e. The zero-order chi connectivity index (χ0) is 18.4. The van der Waals surface area contributed by atoms with E-state index in [0.717, 1.165) is 11.3 Å². The highest BCUT2D eigenvalue weighted by molar-refractivity contribution is 5.79. The quantitative estimate of drug-likeness (QED) is 0.555. The Hall–Kier alpha value is -2.34. The van der Waals surface area contributed by atoms with Gasteiger partial charge in [-0.05, 0) is 57.0 Å². The molecule has 1 atom stereocenters. The molecule has 6 heteroatoms. The zero-order valence-corrected chi connectivity index (χ0v) is 15.2. The molecule has 0 aliphatic rings. The van der Waals surface area contributed by atoms with Crippen LogP contribution in [0.3, 0.4) is 0 Å². The minimum atomic E-state index is -1.16. The van der Waals surface area contributed by atoms with E-state index in [1.54, 1.807) is 32.0 Å². The number of hydrogen-bond acceptors (Lipinski definition) is 3. The predicted molar refractivity (Wildman–Crippen MR) is 97.0 cm³/mol. The first kappa shape index (κ1) is 19.0. The summed E-state index contributed by atoms with van der Waals surface area (Å²) in [5.74, 6) is 1.61. The molecule has 3 N–H and O–H groups in total. The van der Waals surface area contributed by atoms with Gasteiger partial charge in [-0.15, -0.1) is 0 Å². The summed E-state index contributed by atoms with van der Waals surface area (Å²) < 4.78 is 18.8. The van der Waals surface area contributed by atoms with Crippen molar-refractivity contribution in [3.8, 4) is 0 Å². The minimum Gasteiger partial charge on any atom is -0.463 e. The highest BCUT2D eigenvalue weighted by atomic mass is 19.1. The van der Waals surface area contributed by atoms with E-state index in [1.165, 1.54) is 6.07 Å². The van der Waals surface area contributed by atoms with Crippen LogP contribution in [0.4, 0.5) is 4.39 Å². The number of aliphatic imine (C=N–C) groups is 1. The van der Waals surface area contributed by atoms with Gasteiger partial charge in [0.05, 0.1) is 13.1 Å². The van der Waals surface area contributed by atoms with Gasteiger partial charge >= 0.3 is 0 Å². The molecule has 0 aliphatic carbocycles. The summed E-state index contributed by atoms with van der Waals surface area (Å²) in [5, 5.41) is 16.8. The van der Waals surface area contributed by atoms with Gasteiger partial charge < -0.3 is 20.2 Å². The van der Waals surface area contributed by atoms with E-state index in [2.05, 4.69) is 15.6 Å². The standard InChI is InChI=1S/C19H26FN3O2/c1-5-21-18(22-11-15-7-8-16(20)13(2)10-15)23-12-19(4,24)17-9-6-14(3)25-17/h6-10,24H,5,11-12H2,1-4H3,(H2,21,22,23). The minimum absolute atomic E-state index is 0.220. The van der Waals surface area contributed by atoms with Gasteiger partial charge in [-0.25, -0.2) is 9.38 Å². The van der Waals surface area contributed by atoms with Crippen molar-refractivity contribution in [2.45, 2.75) is 39.8 Å². The number of hydrogen-bond donors (Lipinski definition) is 3. The summed E-state index contributed by atoms with van der Waals surface area (Å²) in [5.41, 5.74) is 0.364. The maximum Gasteiger partial charge on any atom is 0.191 e. The normalized spacial score (nSPS) is 14.2. The van der Waals surface area contributed by atoms with Gasteiger partial charge in [0.25, 0.3) is 0 Å². The monoisotopic (exact) mass is 347 g/mol. The fraction of sp³-hybridized carbons (Fsp3) is 0.421. The Balaban J connectivity index is 2.03. The number of aliphatic hydroxyl groups is 1. The maximum atomic E-state index is 13.3. The Morgan fingerprint density at radius 3 is 2.60 bits per heavy atom. The molecule has 2 rings (SSSR count). The first-order valence-electron chi connectivity index (χ1n) is 8.38. The summed E-state index contributed by atoms with van der Waals surface area (Å²) in [6, 6.07) is 8.54. The van der Waals surface area contributed by atoms with Crippen LogP contribution in [0.5, 0.6) is 0 Å². The molecule has 5 nitrogen and oxygen atoms in total. The molecule has 0 amide bonds. The number of halogens is 1. The lowest BCUT2D eigenvalue weighted by molar-refractivity contribution is 0.0378. The van der Waals surface area contributed by atoms with Gasteiger partial charge in [-0.3, -0.25) is 0 Å². The molecular weight excluding hydrogens is 321 g/mol. The third-order valence-electron chi connectivity index (χ3n) is 3.86. The molecule has 25 heavy (non-hydrogen) atoms. The Labute approximate surface area is 148 Å². The van der Waals surface area contributed by atoms with Gasteiger partial charge in [0.2, 0.25) is 0 Å². The van der Waals surface area contributed by atoms with Crippen molar-refractivity contribution in [1.82, 2.24) is 10.6 Å². The average molecular weight is 347 g/mol. The third kappa shape index (κ3) is 5.32. The number of guanidine groups is 1. The first-order valence-corrected chi connectivity index (χ1v) is 8.38. The van der Waals surface area contributed by atoms with Crippen LogP contribution in [-0.4, -0.2) is 24.2 Å². The van der Waals surface area contributed by atoms with E-state index in [1.807, 2.05) is 19.9 Å². The zero-order valence-electron chi connectivity index (χ0n) is 15.2. The average Bonchev–Trinajstić information content (AvgIpc) is 3.01. The van der Waals surface area contributed by atoms with Crippen LogP contribution in [0.1, 0.15) is 36.5 Å². The molecule has 0 spiro atoms. The summed E-state index contributed by atoms with van der Waals surface area (Å²) in [7, 11) is 0. The second-order valence-corrected chi connectivity index (χ2v) is 6.32. The fourth-order valence-electron chi connectivity index (χ4n) is 2.38. The van der Waals surface area contributed by atoms with Gasteiger partial charge in [0.15, 0.2) is 5.96 Å². The number of rotatable bonds is 6. The summed E-state index contributed by atoms with van der Waals surface area (Å²) in [4.78, 5) is 4.49. The van der Waals surface area contributed by atoms with Crippen LogP contribution in [0.25, 0.3) is 0 Å². The summed E-state index contributed by atoms with van der Waals surface area (Å²) in [6.45, 7) is 8.57. The molecule has 1 aromatic carbocycles. The highest BCUT2D eigenvalue weighted by Crippen LogP contribution is 2.21. The first-order chi connectivity index (χ1) is 11.8.